The quantitative estimate of drug-likeness (QED) is 0.128. The Balaban J connectivity index is 1.40. The molecule has 56 heavy (non-hydrogen) atoms. The molecule has 2 aliphatic rings. The Kier molecular flexibility index (Phi) is 10.2. The third-order valence-corrected chi connectivity index (χ3v) is 9.14. The lowest BCUT2D eigenvalue weighted by atomic mass is 9.96. The van der Waals surface area contributed by atoms with E-state index in [1.165, 1.54) is 31.3 Å². The first-order valence-corrected chi connectivity index (χ1v) is 17.1. The van der Waals surface area contributed by atoms with Gasteiger partial charge in [0, 0.05) is 29.1 Å². The van der Waals surface area contributed by atoms with Crippen molar-refractivity contribution in [2.75, 3.05) is 25.1 Å². The van der Waals surface area contributed by atoms with Crippen molar-refractivity contribution >= 4 is 18.0 Å². The zero-order valence-electron chi connectivity index (χ0n) is 30.8. The Morgan fingerprint density at radius 1 is 0.911 bits per heavy atom. The number of cyclic esters (lactones) is 1. The van der Waals surface area contributed by atoms with E-state index >= 15 is 0 Å². The number of alkyl halides is 8. The fraction of sp³-hybridized carbons (Fsp3) is 0.395. The summed E-state index contributed by atoms with van der Waals surface area (Å²) in [6.07, 6.45) is -10.1. The molecule has 6 rings (SSSR count). The van der Waals surface area contributed by atoms with Crippen molar-refractivity contribution in [3.05, 3.63) is 88.4 Å². The molecule has 0 unspecified atom stereocenters. The van der Waals surface area contributed by atoms with Crippen LogP contribution in [-0.2, 0) is 28.4 Å². The average Bonchev–Trinajstić information content (AvgIpc) is 3.37. The molecule has 2 saturated heterocycles. The minimum Gasteiger partial charge on any atom is -0.481 e. The van der Waals surface area contributed by atoms with Gasteiger partial charge in [0.2, 0.25) is 11.8 Å². The highest BCUT2D eigenvalue weighted by atomic mass is 19.4. The molecule has 18 heteroatoms. The molecule has 2 aliphatic heterocycles. The highest BCUT2D eigenvalue weighted by molar-refractivity contribution is 5.91. The van der Waals surface area contributed by atoms with Gasteiger partial charge < -0.3 is 19.1 Å². The van der Waals surface area contributed by atoms with Crippen LogP contribution in [0.3, 0.4) is 0 Å². The van der Waals surface area contributed by atoms with Gasteiger partial charge in [-0.15, -0.1) is 0 Å². The number of carbonyl (C=O) groups is 2. The molecule has 1 amide bonds. The van der Waals surface area contributed by atoms with Crippen molar-refractivity contribution in [2.24, 2.45) is 0 Å². The predicted molar refractivity (Wildman–Crippen MR) is 185 cm³/mol. The number of benzene rings is 2. The van der Waals surface area contributed by atoms with Gasteiger partial charge in [-0.2, -0.15) is 26.3 Å². The number of carbonyl (C=O) groups excluding carboxylic acids is 2. The van der Waals surface area contributed by atoms with E-state index in [1.807, 2.05) is 0 Å². The number of hydrogen-bond donors (Lipinski definition) is 0. The van der Waals surface area contributed by atoms with E-state index in [4.69, 9.17) is 14.2 Å². The van der Waals surface area contributed by atoms with E-state index in [1.54, 1.807) is 52.0 Å². The molecule has 10 nitrogen and oxygen atoms in total. The van der Waals surface area contributed by atoms with E-state index < -0.39 is 84.4 Å². The molecule has 0 saturated carbocycles. The molecule has 4 aromatic rings. The molecule has 298 valence electrons. The van der Waals surface area contributed by atoms with Crippen molar-refractivity contribution in [1.29, 1.82) is 0 Å². The maximum Gasteiger partial charge on any atom is 0.416 e. The lowest BCUT2D eigenvalue weighted by Gasteiger charge is -2.38. The maximum atomic E-state index is 13.9. The molecule has 0 spiro atoms. The standard InChI is InChI=1S/C38H35F8N5O5/c1-19-9-21(32(52)56-35(3,4)5)7-8-26(19)23-12-27(31(54-6)47-14-23)28-15-48-33(50-17-36(39,40)18-50)49-29(28)16-51-20(2)30(55-34(51)53)22-10-24(37(41,42)43)13-25(11-22)38(44,45)46/h7-15,20,30H,16-18H2,1-6H3/t20-,30-/m0/s1. The van der Waals surface area contributed by atoms with E-state index in [-0.39, 0.29) is 29.2 Å². The van der Waals surface area contributed by atoms with Crippen LogP contribution in [0.15, 0.2) is 54.9 Å². The second-order valence-corrected chi connectivity index (χ2v) is 14.6. The summed E-state index contributed by atoms with van der Waals surface area (Å²) in [7, 11) is 1.35. The lowest BCUT2D eigenvalue weighted by molar-refractivity contribution is -0.143. The van der Waals surface area contributed by atoms with Crippen LogP contribution in [0.2, 0.25) is 0 Å². The van der Waals surface area contributed by atoms with Crippen molar-refractivity contribution < 1.29 is 58.9 Å². The average molecular weight is 794 g/mol. The summed E-state index contributed by atoms with van der Waals surface area (Å²) in [5.74, 6) is -3.56. The highest BCUT2D eigenvalue weighted by Gasteiger charge is 2.46. The fourth-order valence-corrected chi connectivity index (χ4v) is 6.43. The Morgan fingerprint density at radius 3 is 2.11 bits per heavy atom. The highest BCUT2D eigenvalue weighted by Crippen LogP contribution is 2.43. The number of methoxy groups -OCH3 is 1. The van der Waals surface area contributed by atoms with Gasteiger partial charge in [0.15, 0.2) is 0 Å². The third-order valence-electron chi connectivity index (χ3n) is 9.14. The predicted octanol–water partition coefficient (Wildman–Crippen LogP) is 9.05. The first kappa shape index (κ1) is 40.1. The Labute approximate surface area is 315 Å². The molecule has 4 heterocycles. The third kappa shape index (κ3) is 8.33. The number of hydrogen-bond acceptors (Lipinski definition) is 9. The van der Waals surface area contributed by atoms with Crippen LogP contribution >= 0.6 is 0 Å². The number of aromatic nitrogens is 3. The molecular formula is C38H35F8N5O5. The minimum absolute atomic E-state index is 0.0247. The second-order valence-electron chi connectivity index (χ2n) is 14.6. The van der Waals surface area contributed by atoms with Crippen molar-refractivity contribution in [3.8, 4) is 28.1 Å². The zero-order valence-corrected chi connectivity index (χ0v) is 30.8. The monoisotopic (exact) mass is 793 g/mol. The van der Waals surface area contributed by atoms with Crippen LogP contribution in [-0.4, -0.2) is 69.7 Å². The van der Waals surface area contributed by atoms with Crippen LogP contribution in [0.1, 0.15) is 72.1 Å². The summed E-state index contributed by atoms with van der Waals surface area (Å²) >= 11 is 0. The Morgan fingerprint density at radius 2 is 1.55 bits per heavy atom. The largest absolute Gasteiger partial charge is 0.481 e. The number of ether oxygens (including phenoxy) is 3. The van der Waals surface area contributed by atoms with Gasteiger partial charge in [0.25, 0.3) is 5.92 Å². The van der Waals surface area contributed by atoms with E-state index in [0.717, 1.165) is 4.90 Å². The number of amides is 1. The summed E-state index contributed by atoms with van der Waals surface area (Å²) in [6, 6.07) is 6.45. The number of anilines is 1. The number of aryl methyl sites for hydroxylation is 1. The number of rotatable bonds is 8. The topological polar surface area (TPSA) is 107 Å². The van der Waals surface area contributed by atoms with Gasteiger partial charge >= 0.3 is 24.4 Å². The molecular weight excluding hydrogens is 758 g/mol. The first-order valence-electron chi connectivity index (χ1n) is 17.1. The molecule has 0 radical (unpaired) electrons. The van der Waals surface area contributed by atoms with Gasteiger partial charge in [-0.3, -0.25) is 4.90 Å². The molecule has 0 bridgehead atoms. The van der Waals surface area contributed by atoms with Gasteiger partial charge in [-0.05, 0) is 87.7 Å². The van der Waals surface area contributed by atoms with Crippen LogP contribution in [0.25, 0.3) is 22.3 Å². The number of nitrogens with zero attached hydrogens (tertiary/aromatic N) is 5. The summed E-state index contributed by atoms with van der Waals surface area (Å²) in [6.45, 7) is 6.58. The number of halogens is 8. The lowest BCUT2D eigenvalue weighted by Crippen LogP contribution is -2.57. The van der Waals surface area contributed by atoms with Crippen LogP contribution in [0.4, 0.5) is 45.9 Å². The summed E-state index contributed by atoms with van der Waals surface area (Å²) < 4.78 is 126. The van der Waals surface area contributed by atoms with Crippen molar-refractivity contribution in [3.63, 3.8) is 0 Å². The Hall–Kier alpha value is -5.55. The van der Waals surface area contributed by atoms with Crippen LogP contribution < -0.4 is 9.64 Å². The van der Waals surface area contributed by atoms with E-state index in [2.05, 4.69) is 15.0 Å². The van der Waals surface area contributed by atoms with Gasteiger partial charge in [0.05, 0.1) is 55.2 Å². The molecule has 2 aromatic heterocycles. The van der Waals surface area contributed by atoms with E-state index in [0.29, 0.717) is 39.9 Å². The van der Waals surface area contributed by atoms with Crippen molar-refractivity contribution in [1.82, 2.24) is 19.9 Å². The van der Waals surface area contributed by atoms with Crippen molar-refractivity contribution in [2.45, 2.75) is 77.2 Å². The normalized spacial score (nSPS) is 18.4. The molecule has 2 atom stereocenters. The maximum absolute atomic E-state index is 13.9. The second kappa shape index (κ2) is 14.2. The smallest absolute Gasteiger partial charge is 0.416 e. The summed E-state index contributed by atoms with van der Waals surface area (Å²) in [5, 5.41) is 0. The molecule has 2 fully saturated rings. The molecule has 0 aliphatic carbocycles. The van der Waals surface area contributed by atoms with Gasteiger partial charge in [-0.25, -0.2) is 33.3 Å². The SMILES string of the molecule is COc1ncc(-c2ccc(C(=O)OC(C)(C)C)cc2C)cc1-c1cnc(N2CC(F)(F)C2)nc1CN1C(=O)O[C@H](c2cc(C(F)(F)F)cc(C(F)(F)F)c2)[C@@H]1C. The van der Waals surface area contributed by atoms with Gasteiger partial charge in [-0.1, -0.05) is 6.07 Å². The summed E-state index contributed by atoms with van der Waals surface area (Å²) in [5.41, 5.74) is -1.63. The van der Waals surface area contributed by atoms with Crippen LogP contribution in [0.5, 0.6) is 5.88 Å². The van der Waals surface area contributed by atoms with Crippen LogP contribution in [0, 0.1) is 6.92 Å². The fourth-order valence-electron chi connectivity index (χ4n) is 6.43. The number of pyridine rings is 1. The van der Waals surface area contributed by atoms with Gasteiger partial charge in [0.1, 0.15) is 11.7 Å². The summed E-state index contributed by atoms with van der Waals surface area (Å²) in [4.78, 5) is 41.6. The molecule has 0 N–H and O–H groups in total. The zero-order chi connectivity index (χ0) is 41.1. The van der Waals surface area contributed by atoms with E-state index in [9.17, 15) is 44.7 Å². The minimum atomic E-state index is -5.14. The first-order chi connectivity index (χ1) is 25.9. The molecule has 2 aromatic carbocycles. The number of esters is 1. The Bertz CT molecular complexity index is 2150.